The summed E-state index contributed by atoms with van der Waals surface area (Å²) in [6, 6.07) is 4.00. The highest BCUT2D eigenvalue weighted by Gasteiger charge is 2.13. The van der Waals surface area contributed by atoms with Crippen molar-refractivity contribution in [2.45, 2.75) is 10.3 Å². The van der Waals surface area contributed by atoms with Gasteiger partial charge >= 0.3 is 0 Å². The van der Waals surface area contributed by atoms with Gasteiger partial charge in [0.15, 0.2) is 0 Å². The molecule has 1 N–H and O–H groups in total. The van der Waals surface area contributed by atoms with E-state index in [1.807, 2.05) is 17.8 Å². The zero-order valence-corrected chi connectivity index (χ0v) is 10.1. The van der Waals surface area contributed by atoms with Gasteiger partial charge in [0.05, 0.1) is 21.3 Å². The van der Waals surface area contributed by atoms with Crippen LogP contribution in [0.25, 0.3) is 0 Å². The average Bonchev–Trinajstić information content (AvgIpc) is 2.63. The molecule has 1 aliphatic heterocycles. The molecule has 1 aromatic rings. The lowest BCUT2D eigenvalue weighted by atomic mass is 10.3. The molecule has 0 saturated carbocycles. The molecular weight excluding hydrogens is 238 g/mol. The van der Waals surface area contributed by atoms with Crippen LogP contribution in [-0.4, -0.2) is 31.6 Å². The second-order valence-electron chi connectivity index (χ2n) is 3.07. The highest BCUT2D eigenvalue weighted by molar-refractivity contribution is 8.01. The van der Waals surface area contributed by atoms with Crippen molar-refractivity contribution in [2.75, 3.05) is 25.4 Å². The summed E-state index contributed by atoms with van der Waals surface area (Å²) < 4.78 is 7.72. The Kier molecular flexibility index (Phi) is 4.13. The van der Waals surface area contributed by atoms with Gasteiger partial charge in [0, 0.05) is 18.8 Å². The Morgan fingerprint density at radius 3 is 3.21 bits per heavy atom. The molecule has 1 aromatic heterocycles. The van der Waals surface area contributed by atoms with Gasteiger partial charge in [-0.15, -0.1) is 23.1 Å². The van der Waals surface area contributed by atoms with Gasteiger partial charge in [-0.05, 0) is 12.1 Å². The van der Waals surface area contributed by atoms with E-state index in [0.29, 0.717) is 6.10 Å². The first kappa shape index (κ1) is 10.8. The number of rotatable bonds is 3. The molecule has 14 heavy (non-hydrogen) atoms. The molecule has 2 nitrogen and oxygen atoms in total. The SMILES string of the molecule is Clc1ccc(SCC2CNCCO2)s1. The van der Waals surface area contributed by atoms with Crippen LogP contribution in [0.1, 0.15) is 0 Å². The molecule has 0 aromatic carbocycles. The van der Waals surface area contributed by atoms with E-state index in [0.717, 1.165) is 29.8 Å². The van der Waals surface area contributed by atoms with Gasteiger partial charge in [-0.3, -0.25) is 0 Å². The monoisotopic (exact) mass is 249 g/mol. The van der Waals surface area contributed by atoms with Crippen LogP contribution in [0.2, 0.25) is 4.34 Å². The molecule has 1 unspecified atom stereocenters. The lowest BCUT2D eigenvalue weighted by Crippen LogP contribution is -2.39. The number of hydrogen-bond acceptors (Lipinski definition) is 4. The van der Waals surface area contributed by atoms with Crippen LogP contribution in [0.5, 0.6) is 0 Å². The van der Waals surface area contributed by atoms with Crippen molar-refractivity contribution < 1.29 is 4.74 Å². The van der Waals surface area contributed by atoms with E-state index in [1.54, 1.807) is 11.3 Å². The lowest BCUT2D eigenvalue weighted by molar-refractivity contribution is 0.0441. The van der Waals surface area contributed by atoms with Crippen molar-refractivity contribution >= 4 is 34.7 Å². The summed E-state index contributed by atoms with van der Waals surface area (Å²) in [7, 11) is 0. The van der Waals surface area contributed by atoms with Crippen LogP contribution in [0.3, 0.4) is 0 Å². The first-order valence-corrected chi connectivity index (χ1v) is 6.73. The van der Waals surface area contributed by atoms with Crippen LogP contribution >= 0.6 is 34.7 Å². The van der Waals surface area contributed by atoms with E-state index < -0.39 is 0 Å². The Labute approximate surface area is 97.0 Å². The third-order valence-electron chi connectivity index (χ3n) is 1.96. The second kappa shape index (κ2) is 5.37. The zero-order valence-electron chi connectivity index (χ0n) is 7.66. The maximum atomic E-state index is 5.84. The second-order valence-corrected chi connectivity index (χ2v) is 6.10. The maximum absolute atomic E-state index is 5.84. The third kappa shape index (κ3) is 3.14. The van der Waals surface area contributed by atoms with Gasteiger partial charge in [-0.2, -0.15) is 0 Å². The van der Waals surface area contributed by atoms with Crippen molar-refractivity contribution in [3.05, 3.63) is 16.5 Å². The van der Waals surface area contributed by atoms with Gasteiger partial charge in [0.1, 0.15) is 0 Å². The summed E-state index contributed by atoms with van der Waals surface area (Å²) in [6.45, 7) is 2.77. The fourth-order valence-corrected chi connectivity index (χ4v) is 3.63. The van der Waals surface area contributed by atoms with Crippen molar-refractivity contribution in [3.63, 3.8) is 0 Å². The first-order valence-electron chi connectivity index (χ1n) is 4.55. The summed E-state index contributed by atoms with van der Waals surface area (Å²) in [6.07, 6.45) is 0.342. The largest absolute Gasteiger partial charge is 0.375 e. The summed E-state index contributed by atoms with van der Waals surface area (Å²) in [5.74, 6) is 1.00. The average molecular weight is 250 g/mol. The number of thioether (sulfide) groups is 1. The number of nitrogens with one attached hydrogen (secondary N) is 1. The van der Waals surface area contributed by atoms with Crippen LogP contribution < -0.4 is 5.32 Å². The molecule has 0 aliphatic carbocycles. The van der Waals surface area contributed by atoms with E-state index in [1.165, 1.54) is 4.21 Å². The number of morpholine rings is 1. The molecule has 1 atom stereocenters. The van der Waals surface area contributed by atoms with Gasteiger partial charge in [0.2, 0.25) is 0 Å². The summed E-state index contributed by atoms with van der Waals surface area (Å²) in [5.41, 5.74) is 0. The van der Waals surface area contributed by atoms with Gasteiger partial charge in [0.25, 0.3) is 0 Å². The topological polar surface area (TPSA) is 21.3 Å². The summed E-state index contributed by atoms with van der Waals surface area (Å²) in [5, 5.41) is 3.32. The quantitative estimate of drug-likeness (QED) is 0.832. The van der Waals surface area contributed by atoms with Crippen molar-refractivity contribution in [1.82, 2.24) is 5.32 Å². The standard InChI is InChI=1S/C9H12ClNOS2/c10-8-1-2-9(14-8)13-6-7-5-11-3-4-12-7/h1-2,7,11H,3-6H2. The minimum Gasteiger partial charge on any atom is -0.375 e. The molecule has 1 aliphatic rings. The van der Waals surface area contributed by atoms with Crippen LogP contribution in [0.15, 0.2) is 16.3 Å². The first-order chi connectivity index (χ1) is 6.84. The molecule has 1 saturated heterocycles. The number of ether oxygens (including phenoxy) is 1. The van der Waals surface area contributed by atoms with Gasteiger partial charge in [-0.25, -0.2) is 0 Å². The van der Waals surface area contributed by atoms with Crippen LogP contribution in [-0.2, 0) is 4.74 Å². The van der Waals surface area contributed by atoms with Crippen molar-refractivity contribution in [2.24, 2.45) is 0 Å². The highest BCUT2D eigenvalue weighted by Crippen LogP contribution is 2.30. The molecule has 2 rings (SSSR count). The van der Waals surface area contributed by atoms with Crippen molar-refractivity contribution in [3.8, 4) is 0 Å². The molecule has 0 amide bonds. The summed E-state index contributed by atoms with van der Waals surface area (Å²) >= 11 is 9.29. The van der Waals surface area contributed by atoms with Gasteiger partial charge in [-0.1, -0.05) is 11.6 Å². The Hall–Kier alpha value is 0.260. The Balaban J connectivity index is 1.76. The molecule has 78 valence electrons. The zero-order chi connectivity index (χ0) is 9.80. The Bertz CT molecular complexity index is 286. The van der Waals surface area contributed by atoms with E-state index in [9.17, 15) is 0 Å². The molecule has 5 heteroatoms. The maximum Gasteiger partial charge on any atom is 0.0940 e. The predicted octanol–water partition coefficient (Wildman–Crippen LogP) is 2.48. The van der Waals surface area contributed by atoms with E-state index in [-0.39, 0.29) is 0 Å². The van der Waals surface area contributed by atoms with Gasteiger partial charge < -0.3 is 10.1 Å². The summed E-state index contributed by atoms with van der Waals surface area (Å²) in [4.78, 5) is 0. The Morgan fingerprint density at radius 2 is 2.57 bits per heavy atom. The molecular formula is C9H12ClNOS2. The highest BCUT2D eigenvalue weighted by atomic mass is 35.5. The predicted molar refractivity (Wildman–Crippen MR) is 62.7 cm³/mol. The lowest BCUT2D eigenvalue weighted by Gasteiger charge is -2.22. The fraction of sp³-hybridized carbons (Fsp3) is 0.556. The van der Waals surface area contributed by atoms with Crippen LogP contribution in [0, 0.1) is 0 Å². The number of hydrogen-bond donors (Lipinski definition) is 1. The Morgan fingerprint density at radius 1 is 1.64 bits per heavy atom. The van der Waals surface area contributed by atoms with E-state index >= 15 is 0 Å². The molecule has 0 spiro atoms. The molecule has 1 fully saturated rings. The minimum absolute atomic E-state index is 0.342. The number of thiophene rings is 1. The normalized spacial score (nSPS) is 22.5. The smallest absolute Gasteiger partial charge is 0.0940 e. The van der Waals surface area contributed by atoms with Crippen molar-refractivity contribution in [1.29, 1.82) is 0 Å². The van der Waals surface area contributed by atoms with E-state index in [4.69, 9.17) is 16.3 Å². The molecule has 2 heterocycles. The number of halogens is 1. The fourth-order valence-electron chi connectivity index (χ4n) is 1.28. The molecule has 0 bridgehead atoms. The van der Waals surface area contributed by atoms with E-state index in [2.05, 4.69) is 11.4 Å². The van der Waals surface area contributed by atoms with Crippen LogP contribution in [0.4, 0.5) is 0 Å². The minimum atomic E-state index is 0.342. The third-order valence-corrected chi connectivity index (χ3v) is 4.55. The molecule has 0 radical (unpaired) electrons.